The second-order valence-electron chi connectivity index (χ2n) is 5.72. The summed E-state index contributed by atoms with van der Waals surface area (Å²) in [5.74, 6) is 1.31. The van der Waals surface area contributed by atoms with Crippen LogP contribution in [0.2, 0.25) is 0 Å². The fourth-order valence-electron chi connectivity index (χ4n) is 3.00. The molecule has 1 fully saturated rings. The number of likely N-dealkylation sites (tertiary alicyclic amines) is 1. The van der Waals surface area contributed by atoms with Gasteiger partial charge in [0.15, 0.2) is 11.5 Å². The third-order valence-electron chi connectivity index (χ3n) is 4.17. The Kier molecular flexibility index (Phi) is 6.85. The molecule has 8 heteroatoms. The number of nitrogens with one attached hydrogen (secondary N) is 2. The van der Waals surface area contributed by atoms with Crippen molar-refractivity contribution < 1.29 is 17.9 Å². The first-order chi connectivity index (χ1) is 11.5. The molecule has 0 aromatic heterocycles. The van der Waals surface area contributed by atoms with E-state index in [0.717, 1.165) is 31.5 Å². The van der Waals surface area contributed by atoms with Gasteiger partial charge in [-0.1, -0.05) is 13.0 Å². The molecule has 2 rings (SSSR count). The van der Waals surface area contributed by atoms with Gasteiger partial charge in [0.2, 0.25) is 0 Å². The average molecular weight is 357 g/mol. The van der Waals surface area contributed by atoms with Gasteiger partial charge in [0.1, 0.15) is 0 Å². The Morgan fingerprint density at radius 2 is 1.79 bits per heavy atom. The van der Waals surface area contributed by atoms with Gasteiger partial charge >= 0.3 is 0 Å². The second-order valence-corrected chi connectivity index (χ2v) is 7.31. The van der Waals surface area contributed by atoms with E-state index < -0.39 is 10.2 Å². The Morgan fingerprint density at radius 1 is 1.12 bits per heavy atom. The molecule has 1 aromatic carbocycles. The molecule has 2 N–H and O–H groups in total. The van der Waals surface area contributed by atoms with Gasteiger partial charge < -0.3 is 9.47 Å². The van der Waals surface area contributed by atoms with Gasteiger partial charge in [0.25, 0.3) is 10.2 Å². The zero-order valence-electron chi connectivity index (χ0n) is 14.5. The van der Waals surface area contributed by atoms with Crippen LogP contribution in [-0.4, -0.2) is 53.7 Å². The Balaban J connectivity index is 2.23. The number of ether oxygens (including phenoxy) is 2. The number of hydrogen-bond donors (Lipinski definition) is 2. The van der Waals surface area contributed by atoms with E-state index in [2.05, 4.69) is 14.3 Å². The summed E-state index contributed by atoms with van der Waals surface area (Å²) < 4.78 is 39.6. The van der Waals surface area contributed by atoms with E-state index in [-0.39, 0.29) is 6.04 Å². The molecular formula is C16H27N3O4S. The zero-order chi connectivity index (χ0) is 17.6. The lowest BCUT2D eigenvalue weighted by atomic mass is 10.0. The van der Waals surface area contributed by atoms with Gasteiger partial charge in [-0.2, -0.15) is 8.42 Å². The van der Waals surface area contributed by atoms with Crippen LogP contribution in [0.5, 0.6) is 11.5 Å². The summed E-state index contributed by atoms with van der Waals surface area (Å²) in [5, 5.41) is 0. The molecule has 1 aliphatic heterocycles. The van der Waals surface area contributed by atoms with E-state index in [1.807, 2.05) is 18.2 Å². The topological polar surface area (TPSA) is 79.9 Å². The standard InChI is InChI=1S/C16H27N3O4S/c1-4-17-24(20,21)18-12-14(19-9-5-6-10-19)13-7-8-15(22-2)16(11-13)23-3/h7-8,11,14,17-18H,4-6,9-10,12H2,1-3H3. The van der Waals surface area contributed by atoms with Gasteiger partial charge in [-0.15, -0.1) is 0 Å². The van der Waals surface area contributed by atoms with Crippen LogP contribution in [0, 0.1) is 0 Å². The second kappa shape index (κ2) is 8.66. The van der Waals surface area contributed by atoms with Gasteiger partial charge in [0, 0.05) is 19.1 Å². The summed E-state index contributed by atoms with van der Waals surface area (Å²) in [6.07, 6.45) is 2.26. The summed E-state index contributed by atoms with van der Waals surface area (Å²) >= 11 is 0. The number of rotatable bonds is 9. The monoisotopic (exact) mass is 357 g/mol. The first-order valence-corrected chi connectivity index (χ1v) is 9.69. The molecule has 0 saturated carbocycles. The molecule has 24 heavy (non-hydrogen) atoms. The van der Waals surface area contributed by atoms with Gasteiger partial charge in [0.05, 0.1) is 14.2 Å². The molecule has 1 aromatic rings. The van der Waals surface area contributed by atoms with Crippen LogP contribution < -0.4 is 18.9 Å². The number of nitrogens with zero attached hydrogens (tertiary/aromatic N) is 1. The average Bonchev–Trinajstić information content (AvgIpc) is 3.09. The van der Waals surface area contributed by atoms with Crippen molar-refractivity contribution in [2.45, 2.75) is 25.8 Å². The highest BCUT2D eigenvalue weighted by Gasteiger charge is 2.25. The van der Waals surface area contributed by atoms with Crippen molar-refractivity contribution in [2.75, 3.05) is 40.4 Å². The summed E-state index contributed by atoms with van der Waals surface area (Å²) in [5.41, 5.74) is 1.01. The van der Waals surface area contributed by atoms with E-state index >= 15 is 0 Å². The van der Waals surface area contributed by atoms with Crippen LogP contribution in [0.15, 0.2) is 18.2 Å². The molecule has 0 spiro atoms. The normalized spacial score (nSPS) is 17.0. The van der Waals surface area contributed by atoms with Crippen molar-refractivity contribution in [3.63, 3.8) is 0 Å². The summed E-state index contributed by atoms with van der Waals surface area (Å²) in [4.78, 5) is 2.30. The number of benzene rings is 1. The molecule has 136 valence electrons. The SMILES string of the molecule is CCNS(=O)(=O)NCC(c1ccc(OC)c(OC)c1)N1CCCC1. The Hall–Kier alpha value is -1.35. The Labute approximate surface area is 144 Å². The summed E-state index contributed by atoms with van der Waals surface area (Å²) in [6.45, 7) is 4.35. The van der Waals surface area contributed by atoms with E-state index in [0.29, 0.717) is 24.6 Å². The van der Waals surface area contributed by atoms with E-state index in [1.165, 1.54) is 0 Å². The smallest absolute Gasteiger partial charge is 0.276 e. The molecule has 0 aliphatic carbocycles. The van der Waals surface area contributed by atoms with E-state index in [1.54, 1.807) is 21.1 Å². The molecule has 1 unspecified atom stereocenters. The highest BCUT2D eigenvalue weighted by Crippen LogP contribution is 2.33. The van der Waals surface area contributed by atoms with Gasteiger partial charge in [-0.05, 0) is 43.6 Å². The quantitative estimate of drug-likeness (QED) is 0.696. The third-order valence-corrected chi connectivity index (χ3v) is 5.39. The summed E-state index contributed by atoms with van der Waals surface area (Å²) in [7, 11) is -0.281. The van der Waals surface area contributed by atoms with Gasteiger partial charge in [-0.25, -0.2) is 9.44 Å². The van der Waals surface area contributed by atoms with Crippen molar-refractivity contribution in [3.8, 4) is 11.5 Å². The molecule has 1 saturated heterocycles. The first-order valence-electron chi connectivity index (χ1n) is 8.21. The molecule has 1 atom stereocenters. The van der Waals surface area contributed by atoms with Crippen molar-refractivity contribution in [1.82, 2.24) is 14.3 Å². The minimum absolute atomic E-state index is 0.0410. The lowest BCUT2D eigenvalue weighted by Gasteiger charge is -2.28. The van der Waals surface area contributed by atoms with Crippen LogP contribution in [0.25, 0.3) is 0 Å². The Bertz CT molecular complexity index is 630. The van der Waals surface area contributed by atoms with E-state index in [4.69, 9.17) is 9.47 Å². The molecule has 1 aliphatic rings. The molecular weight excluding hydrogens is 330 g/mol. The fraction of sp³-hybridized carbons (Fsp3) is 0.625. The molecule has 7 nitrogen and oxygen atoms in total. The maximum Gasteiger partial charge on any atom is 0.276 e. The van der Waals surface area contributed by atoms with Crippen molar-refractivity contribution >= 4 is 10.2 Å². The first kappa shape index (κ1) is 19.0. The fourth-order valence-corrected chi connectivity index (χ4v) is 3.86. The predicted octanol–water partition coefficient (Wildman–Crippen LogP) is 1.28. The van der Waals surface area contributed by atoms with Crippen LogP contribution in [0.4, 0.5) is 0 Å². The van der Waals surface area contributed by atoms with Crippen molar-refractivity contribution in [2.24, 2.45) is 0 Å². The lowest BCUT2D eigenvalue weighted by Crippen LogP contribution is -2.42. The predicted molar refractivity (Wildman–Crippen MR) is 93.7 cm³/mol. The molecule has 0 radical (unpaired) electrons. The number of methoxy groups -OCH3 is 2. The maximum absolute atomic E-state index is 11.9. The minimum atomic E-state index is -3.48. The highest BCUT2D eigenvalue weighted by molar-refractivity contribution is 7.87. The van der Waals surface area contributed by atoms with Crippen molar-refractivity contribution in [1.29, 1.82) is 0 Å². The zero-order valence-corrected chi connectivity index (χ0v) is 15.4. The largest absolute Gasteiger partial charge is 0.493 e. The molecule has 1 heterocycles. The third kappa shape index (κ3) is 4.83. The molecule has 0 bridgehead atoms. The lowest BCUT2D eigenvalue weighted by molar-refractivity contribution is 0.245. The van der Waals surface area contributed by atoms with Gasteiger partial charge in [-0.3, -0.25) is 4.90 Å². The Morgan fingerprint density at radius 3 is 2.38 bits per heavy atom. The van der Waals surface area contributed by atoms with Crippen LogP contribution in [0.3, 0.4) is 0 Å². The maximum atomic E-state index is 11.9. The summed E-state index contributed by atoms with van der Waals surface area (Å²) in [6, 6.07) is 5.70. The van der Waals surface area contributed by atoms with Crippen LogP contribution >= 0.6 is 0 Å². The minimum Gasteiger partial charge on any atom is -0.493 e. The van der Waals surface area contributed by atoms with Crippen LogP contribution in [0.1, 0.15) is 31.4 Å². The van der Waals surface area contributed by atoms with Crippen molar-refractivity contribution in [3.05, 3.63) is 23.8 Å². The van der Waals surface area contributed by atoms with Crippen LogP contribution in [-0.2, 0) is 10.2 Å². The van der Waals surface area contributed by atoms with E-state index in [9.17, 15) is 8.42 Å². The molecule has 0 amide bonds. The highest BCUT2D eigenvalue weighted by atomic mass is 32.2. The number of hydrogen-bond acceptors (Lipinski definition) is 5.